The van der Waals surface area contributed by atoms with Crippen LogP contribution >= 0.6 is 0 Å². The largest absolute Gasteiger partial charge is 0.350 e. The van der Waals surface area contributed by atoms with E-state index in [2.05, 4.69) is 28.4 Å². The molecule has 0 atom stereocenters. The Kier molecular flexibility index (Phi) is 5.34. The summed E-state index contributed by atoms with van der Waals surface area (Å²) in [7, 11) is 0. The van der Waals surface area contributed by atoms with Crippen molar-refractivity contribution in [3.8, 4) is 0 Å². The highest BCUT2D eigenvalue weighted by Gasteiger charge is 2.34. The molecular formula is C19H29N3O. The van der Waals surface area contributed by atoms with Crippen LogP contribution in [-0.4, -0.2) is 29.4 Å². The van der Waals surface area contributed by atoms with Crippen molar-refractivity contribution in [3.63, 3.8) is 0 Å². The second-order valence-electron chi connectivity index (χ2n) is 7.15. The van der Waals surface area contributed by atoms with E-state index in [9.17, 15) is 4.79 Å². The fourth-order valence-corrected chi connectivity index (χ4v) is 3.83. The number of likely N-dealkylation sites (tertiary alicyclic amines) is 1. The summed E-state index contributed by atoms with van der Waals surface area (Å²) < 4.78 is 0. The van der Waals surface area contributed by atoms with Gasteiger partial charge in [0, 0.05) is 13.1 Å². The summed E-state index contributed by atoms with van der Waals surface area (Å²) in [5, 5.41) is 3.09. The van der Waals surface area contributed by atoms with Crippen LogP contribution in [0.1, 0.15) is 56.1 Å². The molecule has 0 bridgehead atoms. The van der Waals surface area contributed by atoms with Crippen LogP contribution in [0.2, 0.25) is 0 Å². The highest BCUT2D eigenvalue weighted by atomic mass is 16.2. The first-order chi connectivity index (χ1) is 11.2. The predicted octanol–water partition coefficient (Wildman–Crippen LogP) is 2.56. The molecule has 1 aromatic rings. The number of hydrogen-bond donors (Lipinski definition) is 2. The van der Waals surface area contributed by atoms with Gasteiger partial charge in [0.25, 0.3) is 0 Å². The molecule has 1 aliphatic heterocycles. The molecule has 1 heterocycles. The SMILES string of the molecule is NC1(C(=O)NCc2ccccc2CN2CCCC2)CCCCC1. The maximum atomic E-state index is 12.5. The molecule has 0 radical (unpaired) electrons. The first-order valence-electron chi connectivity index (χ1n) is 9.04. The summed E-state index contributed by atoms with van der Waals surface area (Å²) in [5.74, 6) is 0.0215. The maximum Gasteiger partial charge on any atom is 0.240 e. The fourth-order valence-electron chi connectivity index (χ4n) is 3.83. The molecule has 23 heavy (non-hydrogen) atoms. The van der Waals surface area contributed by atoms with E-state index in [1.165, 1.54) is 43.5 Å². The Morgan fingerprint density at radius 1 is 1.04 bits per heavy atom. The van der Waals surface area contributed by atoms with Crippen LogP contribution in [0.5, 0.6) is 0 Å². The zero-order valence-electron chi connectivity index (χ0n) is 14.0. The Bertz CT molecular complexity index is 531. The minimum Gasteiger partial charge on any atom is -0.350 e. The molecule has 126 valence electrons. The van der Waals surface area contributed by atoms with E-state index in [-0.39, 0.29) is 5.91 Å². The van der Waals surface area contributed by atoms with Gasteiger partial charge in [0.05, 0.1) is 5.54 Å². The number of carbonyl (C=O) groups is 1. The lowest BCUT2D eigenvalue weighted by Gasteiger charge is -2.32. The number of nitrogens with two attached hydrogens (primary N) is 1. The Morgan fingerprint density at radius 2 is 1.70 bits per heavy atom. The first-order valence-corrected chi connectivity index (χ1v) is 9.04. The van der Waals surface area contributed by atoms with Crippen molar-refractivity contribution in [1.29, 1.82) is 0 Å². The van der Waals surface area contributed by atoms with Crippen LogP contribution in [0.15, 0.2) is 24.3 Å². The van der Waals surface area contributed by atoms with Gasteiger partial charge in [0.1, 0.15) is 0 Å². The lowest BCUT2D eigenvalue weighted by Crippen LogP contribution is -2.54. The van der Waals surface area contributed by atoms with Crippen molar-refractivity contribution in [2.24, 2.45) is 5.73 Å². The topological polar surface area (TPSA) is 58.4 Å². The summed E-state index contributed by atoms with van der Waals surface area (Å²) in [5.41, 5.74) is 8.20. The average Bonchev–Trinajstić information content (AvgIpc) is 3.07. The Balaban J connectivity index is 1.60. The zero-order valence-corrected chi connectivity index (χ0v) is 14.0. The van der Waals surface area contributed by atoms with E-state index < -0.39 is 5.54 Å². The Labute approximate surface area is 139 Å². The number of rotatable bonds is 5. The molecule has 0 spiro atoms. The molecular weight excluding hydrogens is 286 g/mol. The fraction of sp³-hybridized carbons (Fsp3) is 0.632. The van der Waals surface area contributed by atoms with E-state index in [4.69, 9.17) is 5.73 Å². The van der Waals surface area contributed by atoms with Crippen LogP contribution in [-0.2, 0) is 17.9 Å². The average molecular weight is 315 g/mol. The third kappa shape index (κ3) is 4.12. The third-order valence-corrected chi connectivity index (χ3v) is 5.35. The Morgan fingerprint density at radius 3 is 2.39 bits per heavy atom. The molecule has 0 aromatic heterocycles. The molecule has 1 saturated heterocycles. The Hall–Kier alpha value is -1.39. The second kappa shape index (κ2) is 7.45. The smallest absolute Gasteiger partial charge is 0.240 e. The summed E-state index contributed by atoms with van der Waals surface area (Å²) in [4.78, 5) is 15.0. The molecule has 4 heteroatoms. The van der Waals surface area contributed by atoms with E-state index in [1.807, 2.05) is 6.07 Å². The van der Waals surface area contributed by atoms with E-state index in [0.29, 0.717) is 6.54 Å². The molecule has 3 N–H and O–H groups in total. The lowest BCUT2D eigenvalue weighted by molar-refractivity contribution is -0.127. The van der Waals surface area contributed by atoms with Crippen molar-refractivity contribution in [2.75, 3.05) is 13.1 Å². The molecule has 3 rings (SSSR count). The van der Waals surface area contributed by atoms with Crippen LogP contribution < -0.4 is 11.1 Å². The quantitative estimate of drug-likeness (QED) is 0.878. The van der Waals surface area contributed by atoms with Crippen LogP contribution in [0, 0.1) is 0 Å². The van der Waals surface area contributed by atoms with Gasteiger partial charge in [0.2, 0.25) is 5.91 Å². The molecule has 4 nitrogen and oxygen atoms in total. The van der Waals surface area contributed by atoms with Gasteiger partial charge in [-0.1, -0.05) is 43.5 Å². The number of nitrogens with one attached hydrogen (secondary N) is 1. The van der Waals surface area contributed by atoms with Crippen molar-refractivity contribution >= 4 is 5.91 Å². The second-order valence-corrected chi connectivity index (χ2v) is 7.15. The summed E-state index contributed by atoms with van der Waals surface area (Å²) in [6, 6.07) is 8.43. The van der Waals surface area contributed by atoms with Gasteiger partial charge in [-0.05, 0) is 49.9 Å². The van der Waals surface area contributed by atoms with Gasteiger partial charge < -0.3 is 11.1 Å². The van der Waals surface area contributed by atoms with Gasteiger partial charge in [-0.2, -0.15) is 0 Å². The number of nitrogens with zero attached hydrogens (tertiary/aromatic N) is 1. The number of hydrogen-bond acceptors (Lipinski definition) is 3. The molecule has 2 fully saturated rings. The normalized spacial score (nSPS) is 21.3. The first kappa shape index (κ1) is 16.5. The monoisotopic (exact) mass is 315 g/mol. The van der Waals surface area contributed by atoms with Crippen molar-refractivity contribution in [2.45, 2.75) is 63.6 Å². The summed E-state index contributed by atoms with van der Waals surface area (Å²) >= 11 is 0. The van der Waals surface area contributed by atoms with Gasteiger partial charge in [-0.25, -0.2) is 0 Å². The molecule has 1 saturated carbocycles. The standard InChI is InChI=1S/C19H29N3O/c20-19(10-4-1-5-11-19)18(23)21-14-16-8-2-3-9-17(16)15-22-12-6-7-13-22/h2-3,8-9H,1,4-7,10-15,20H2,(H,21,23). The summed E-state index contributed by atoms with van der Waals surface area (Å²) in [6.07, 6.45) is 7.56. The van der Waals surface area contributed by atoms with E-state index in [0.717, 1.165) is 32.2 Å². The van der Waals surface area contributed by atoms with Gasteiger partial charge >= 0.3 is 0 Å². The van der Waals surface area contributed by atoms with Gasteiger partial charge in [-0.15, -0.1) is 0 Å². The molecule has 1 aromatic carbocycles. The highest BCUT2D eigenvalue weighted by Crippen LogP contribution is 2.26. The van der Waals surface area contributed by atoms with Crippen molar-refractivity contribution in [3.05, 3.63) is 35.4 Å². The number of benzene rings is 1. The van der Waals surface area contributed by atoms with Gasteiger partial charge in [-0.3, -0.25) is 9.69 Å². The summed E-state index contributed by atoms with van der Waals surface area (Å²) in [6.45, 7) is 3.95. The molecule has 2 aliphatic rings. The van der Waals surface area contributed by atoms with Crippen LogP contribution in [0.3, 0.4) is 0 Å². The zero-order chi connectivity index (χ0) is 16.1. The lowest BCUT2D eigenvalue weighted by atomic mass is 9.82. The van der Waals surface area contributed by atoms with Crippen LogP contribution in [0.4, 0.5) is 0 Å². The molecule has 1 aliphatic carbocycles. The molecule has 1 amide bonds. The maximum absolute atomic E-state index is 12.5. The van der Waals surface area contributed by atoms with E-state index in [1.54, 1.807) is 0 Å². The van der Waals surface area contributed by atoms with Crippen molar-refractivity contribution in [1.82, 2.24) is 10.2 Å². The minimum absolute atomic E-state index is 0.0215. The van der Waals surface area contributed by atoms with Crippen LogP contribution in [0.25, 0.3) is 0 Å². The van der Waals surface area contributed by atoms with Gasteiger partial charge in [0.15, 0.2) is 0 Å². The highest BCUT2D eigenvalue weighted by molar-refractivity contribution is 5.86. The number of amides is 1. The number of carbonyl (C=O) groups excluding carboxylic acids is 1. The third-order valence-electron chi connectivity index (χ3n) is 5.35. The van der Waals surface area contributed by atoms with E-state index >= 15 is 0 Å². The predicted molar refractivity (Wildman–Crippen MR) is 92.8 cm³/mol. The molecule has 0 unspecified atom stereocenters. The van der Waals surface area contributed by atoms with Crippen molar-refractivity contribution < 1.29 is 4.79 Å². The minimum atomic E-state index is -0.651.